The van der Waals surface area contributed by atoms with E-state index < -0.39 is 0 Å². The number of aryl methyl sites for hydroxylation is 2. The summed E-state index contributed by atoms with van der Waals surface area (Å²) in [7, 11) is 0. The van der Waals surface area contributed by atoms with Gasteiger partial charge < -0.3 is 4.57 Å². The van der Waals surface area contributed by atoms with Crippen molar-refractivity contribution in [1.29, 1.82) is 0 Å². The van der Waals surface area contributed by atoms with Crippen molar-refractivity contribution in [2.75, 3.05) is 0 Å². The second-order valence-corrected chi connectivity index (χ2v) is 4.13. The molecule has 16 heavy (non-hydrogen) atoms. The van der Waals surface area contributed by atoms with Gasteiger partial charge in [-0.05, 0) is 18.4 Å². The second-order valence-electron chi connectivity index (χ2n) is 4.13. The van der Waals surface area contributed by atoms with Crippen LogP contribution in [-0.2, 0) is 13.0 Å². The zero-order chi connectivity index (χ0) is 11.1. The maximum atomic E-state index is 11.6. The fourth-order valence-electron chi connectivity index (χ4n) is 2.51. The molecule has 1 aliphatic heterocycles. The first kappa shape index (κ1) is 9.42. The molecule has 3 N–H and O–H groups in total. The first-order valence-electron chi connectivity index (χ1n) is 5.43. The van der Waals surface area contributed by atoms with Crippen LogP contribution in [0.3, 0.4) is 0 Å². The van der Waals surface area contributed by atoms with Crippen molar-refractivity contribution in [3.8, 4) is 0 Å². The third-order valence-electron chi connectivity index (χ3n) is 3.20. The topological polar surface area (TPSA) is 60.0 Å². The Kier molecular flexibility index (Phi) is 1.97. The molecule has 1 aliphatic rings. The summed E-state index contributed by atoms with van der Waals surface area (Å²) in [6.07, 6.45) is 4.12. The quantitative estimate of drug-likeness (QED) is 0.426. The van der Waals surface area contributed by atoms with Crippen molar-refractivity contribution in [1.82, 2.24) is 9.99 Å². The number of hydrogen-bond donors (Lipinski definition) is 2. The van der Waals surface area contributed by atoms with Crippen LogP contribution in [0.5, 0.6) is 0 Å². The molecular formula is C12H13N3O. The smallest absolute Gasteiger partial charge is 0.267 e. The van der Waals surface area contributed by atoms with E-state index in [2.05, 4.69) is 16.1 Å². The maximum absolute atomic E-state index is 11.6. The highest BCUT2D eigenvalue weighted by molar-refractivity contribution is 6.07. The minimum Gasteiger partial charge on any atom is -0.346 e. The largest absolute Gasteiger partial charge is 0.346 e. The van der Waals surface area contributed by atoms with Crippen molar-refractivity contribution in [2.45, 2.75) is 19.4 Å². The molecule has 0 spiro atoms. The number of aromatic nitrogens is 1. The first-order valence-corrected chi connectivity index (χ1v) is 5.43. The molecule has 0 atom stereocenters. The number of nitrogens with zero attached hydrogens (tertiary/aromatic N) is 1. The number of carbonyl (C=O) groups excluding carboxylic acids is 1. The predicted octanol–water partition coefficient (Wildman–Crippen LogP) is 1.19. The van der Waals surface area contributed by atoms with Crippen LogP contribution < -0.4 is 11.3 Å². The van der Waals surface area contributed by atoms with Gasteiger partial charge in [-0.25, -0.2) is 5.84 Å². The summed E-state index contributed by atoms with van der Waals surface area (Å²) in [4.78, 5) is 11.6. The van der Waals surface area contributed by atoms with Gasteiger partial charge in [-0.1, -0.05) is 18.2 Å². The van der Waals surface area contributed by atoms with Gasteiger partial charge >= 0.3 is 0 Å². The molecule has 0 fully saturated rings. The third-order valence-corrected chi connectivity index (χ3v) is 3.20. The van der Waals surface area contributed by atoms with Gasteiger partial charge in [-0.15, -0.1) is 0 Å². The standard InChI is InChI=1S/C12H13N3O/c13-14-12(16)10-7-15-6-2-4-8-3-1-5-9(10)11(8)15/h1,3,5,7H,2,4,6,13H2,(H,14,16). The lowest BCUT2D eigenvalue weighted by atomic mass is 10.0. The summed E-state index contributed by atoms with van der Waals surface area (Å²) in [5.41, 5.74) is 5.37. The molecular weight excluding hydrogens is 202 g/mol. The summed E-state index contributed by atoms with van der Waals surface area (Å²) in [5, 5.41) is 1.00. The Labute approximate surface area is 93.0 Å². The molecule has 0 saturated heterocycles. The Hall–Kier alpha value is -1.81. The molecule has 0 aliphatic carbocycles. The van der Waals surface area contributed by atoms with Crippen LogP contribution in [0.4, 0.5) is 0 Å². The SMILES string of the molecule is NNC(=O)c1cn2c3c(cccc13)CCC2. The number of nitrogen functional groups attached to an aromatic ring is 1. The summed E-state index contributed by atoms with van der Waals surface area (Å²) in [6, 6.07) is 6.11. The Bertz CT molecular complexity index is 571. The van der Waals surface area contributed by atoms with E-state index in [-0.39, 0.29) is 5.91 Å². The molecule has 0 bridgehead atoms. The number of para-hydroxylation sites is 1. The van der Waals surface area contributed by atoms with Crippen LogP contribution in [0, 0.1) is 0 Å². The lowest BCUT2D eigenvalue weighted by Crippen LogP contribution is -2.29. The summed E-state index contributed by atoms with van der Waals surface area (Å²) < 4.78 is 2.15. The molecule has 1 amide bonds. The van der Waals surface area contributed by atoms with E-state index >= 15 is 0 Å². The fourth-order valence-corrected chi connectivity index (χ4v) is 2.51. The van der Waals surface area contributed by atoms with Gasteiger partial charge in [0.25, 0.3) is 5.91 Å². The van der Waals surface area contributed by atoms with E-state index in [1.54, 1.807) is 0 Å². The van der Waals surface area contributed by atoms with Gasteiger partial charge in [0.15, 0.2) is 0 Å². The highest BCUT2D eigenvalue weighted by Gasteiger charge is 2.18. The number of amides is 1. The van der Waals surface area contributed by atoms with E-state index in [1.165, 1.54) is 11.1 Å². The fraction of sp³-hybridized carbons (Fsp3) is 0.250. The number of hydrazine groups is 1. The number of nitrogens with one attached hydrogen (secondary N) is 1. The van der Waals surface area contributed by atoms with Gasteiger partial charge in [0.05, 0.1) is 11.1 Å². The summed E-state index contributed by atoms with van der Waals surface area (Å²) in [5.74, 6) is 4.97. The summed E-state index contributed by atoms with van der Waals surface area (Å²) >= 11 is 0. The van der Waals surface area contributed by atoms with Gasteiger partial charge in [0.1, 0.15) is 0 Å². The second kappa shape index (κ2) is 3.35. The van der Waals surface area contributed by atoms with Gasteiger partial charge in [-0.2, -0.15) is 0 Å². The molecule has 1 aromatic carbocycles. The number of benzene rings is 1. The summed E-state index contributed by atoms with van der Waals surface area (Å²) in [6.45, 7) is 0.978. The maximum Gasteiger partial charge on any atom is 0.267 e. The predicted molar refractivity (Wildman–Crippen MR) is 61.9 cm³/mol. The minimum atomic E-state index is -0.220. The molecule has 0 saturated carbocycles. The molecule has 0 radical (unpaired) electrons. The Balaban J connectivity index is 2.34. The Morgan fingerprint density at radius 3 is 3.12 bits per heavy atom. The van der Waals surface area contributed by atoms with Crippen LogP contribution in [-0.4, -0.2) is 10.5 Å². The van der Waals surface area contributed by atoms with E-state index in [1.807, 2.05) is 18.3 Å². The van der Waals surface area contributed by atoms with Crippen LogP contribution in [0.1, 0.15) is 22.3 Å². The molecule has 82 valence electrons. The van der Waals surface area contributed by atoms with Crippen molar-refractivity contribution in [2.24, 2.45) is 5.84 Å². The molecule has 4 heteroatoms. The van der Waals surface area contributed by atoms with Crippen LogP contribution in [0.15, 0.2) is 24.4 Å². The van der Waals surface area contributed by atoms with Crippen molar-refractivity contribution in [3.63, 3.8) is 0 Å². The average molecular weight is 215 g/mol. The van der Waals surface area contributed by atoms with Crippen molar-refractivity contribution < 1.29 is 4.79 Å². The van der Waals surface area contributed by atoms with E-state index in [0.717, 1.165) is 24.8 Å². The Morgan fingerprint density at radius 1 is 1.44 bits per heavy atom. The normalized spacial score (nSPS) is 14.1. The molecule has 4 nitrogen and oxygen atoms in total. The van der Waals surface area contributed by atoms with Crippen molar-refractivity contribution >= 4 is 16.8 Å². The highest BCUT2D eigenvalue weighted by Crippen LogP contribution is 2.29. The van der Waals surface area contributed by atoms with Gasteiger partial charge in [0.2, 0.25) is 0 Å². The van der Waals surface area contributed by atoms with E-state index in [0.29, 0.717) is 5.56 Å². The van der Waals surface area contributed by atoms with Crippen LogP contribution in [0.2, 0.25) is 0 Å². The number of carbonyl (C=O) groups is 1. The van der Waals surface area contributed by atoms with Gasteiger partial charge in [0, 0.05) is 18.1 Å². The minimum absolute atomic E-state index is 0.220. The number of rotatable bonds is 1. The van der Waals surface area contributed by atoms with E-state index in [9.17, 15) is 4.79 Å². The lowest BCUT2D eigenvalue weighted by Gasteiger charge is -2.14. The van der Waals surface area contributed by atoms with Crippen LogP contribution in [0.25, 0.3) is 10.9 Å². The molecule has 0 unspecified atom stereocenters. The van der Waals surface area contributed by atoms with Crippen LogP contribution >= 0.6 is 0 Å². The first-order chi connectivity index (χ1) is 7.81. The molecule has 2 aromatic rings. The Morgan fingerprint density at radius 2 is 2.31 bits per heavy atom. The zero-order valence-corrected chi connectivity index (χ0v) is 8.86. The zero-order valence-electron chi connectivity index (χ0n) is 8.86. The average Bonchev–Trinajstić information content (AvgIpc) is 2.70. The highest BCUT2D eigenvalue weighted by atomic mass is 16.2. The monoisotopic (exact) mass is 215 g/mol. The van der Waals surface area contributed by atoms with Crippen molar-refractivity contribution in [3.05, 3.63) is 35.5 Å². The third kappa shape index (κ3) is 1.17. The number of nitrogens with two attached hydrogens (primary N) is 1. The lowest BCUT2D eigenvalue weighted by molar-refractivity contribution is 0.0955. The molecule has 1 aromatic heterocycles. The van der Waals surface area contributed by atoms with E-state index in [4.69, 9.17) is 5.84 Å². The molecule has 3 rings (SSSR count). The number of hydrogen-bond acceptors (Lipinski definition) is 2. The van der Waals surface area contributed by atoms with Gasteiger partial charge in [-0.3, -0.25) is 10.2 Å². The molecule has 2 heterocycles.